The molecule has 1 aliphatic carbocycles. The molecule has 1 saturated heterocycles. The summed E-state index contributed by atoms with van der Waals surface area (Å²) in [4.78, 5) is 4.81. The molecule has 0 amide bonds. The smallest absolute Gasteiger partial charge is 0.0936 e. The number of nitrogens with two attached hydrogens (primary N) is 1. The third kappa shape index (κ3) is 2.26. The van der Waals surface area contributed by atoms with E-state index in [-0.39, 0.29) is 5.41 Å². The normalized spacial score (nSPS) is 23.8. The monoisotopic (exact) mass is 252 g/mol. The van der Waals surface area contributed by atoms with E-state index in [0.29, 0.717) is 6.54 Å². The molecule has 0 atom stereocenters. The lowest BCUT2D eigenvalue weighted by Gasteiger charge is -2.39. The number of ether oxygens (including phenoxy) is 1. The van der Waals surface area contributed by atoms with Gasteiger partial charge in [0, 0.05) is 29.7 Å². The first kappa shape index (κ1) is 11.6. The Morgan fingerprint density at radius 1 is 1.41 bits per heavy atom. The highest BCUT2D eigenvalue weighted by Gasteiger charge is 2.38. The van der Waals surface area contributed by atoms with Gasteiger partial charge in [0.2, 0.25) is 0 Å². The molecule has 17 heavy (non-hydrogen) atoms. The Kier molecular flexibility index (Phi) is 3.19. The fourth-order valence-corrected chi connectivity index (χ4v) is 3.87. The van der Waals surface area contributed by atoms with E-state index in [4.69, 9.17) is 15.5 Å². The summed E-state index contributed by atoms with van der Waals surface area (Å²) in [7, 11) is 0. The first-order valence-electron chi connectivity index (χ1n) is 6.53. The predicted octanol–water partition coefficient (Wildman–Crippen LogP) is 2.32. The van der Waals surface area contributed by atoms with E-state index in [2.05, 4.69) is 5.38 Å². The topological polar surface area (TPSA) is 48.1 Å². The molecule has 1 aromatic rings. The molecule has 0 spiro atoms. The maximum Gasteiger partial charge on any atom is 0.0936 e. The summed E-state index contributed by atoms with van der Waals surface area (Å²) in [5.74, 6) is 0.728. The molecule has 0 aromatic carbocycles. The average Bonchev–Trinajstić information content (AvgIpc) is 2.94. The molecule has 94 valence electrons. The maximum absolute atomic E-state index is 5.84. The Morgan fingerprint density at radius 3 is 2.76 bits per heavy atom. The first-order valence-corrected chi connectivity index (χ1v) is 7.41. The standard InChI is InChI=1S/C13H20N2OS/c14-7-13(8-16-9-13)5-12-15-11(6-17-12)10-3-1-2-4-10/h6,10H,1-5,7-9,14H2. The van der Waals surface area contributed by atoms with Crippen LogP contribution >= 0.6 is 11.3 Å². The molecule has 1 aromatic heterocycles. The summed E-state index contributed by atoms with van der Waals surface area (Å²) in [5, 5.41) is 3.51. The van der Waals surface area contributed by atoms with Crippen molar-refractivity contribution >= 4 is 11.3 Å². The Bertz CT molecular complexity index is 375. The predicted molar refractivity (Wildman–Crippen MR) is 69.3 cm³/mol. The first-order chi connectivity index (χ1) is 8.31. The van der Waals surface area contributed by atoms with Gasteiger partial charge < -0.3 is 10.5 Å². The fraction of sp³-hybridized carbons (Fsp3) is 0.769. The van der Waals surface area contributed by atoms with Crippen molar-refractivity contribution in [1.82, 2.24) is 4.98 Å². The molecule has 4 heteroatoms. The lowest BCUT2D eigenvalue weighted by molar-refractivity contribution is -0.106. The van der Waals surface area contributed by atoms with E-state index in [0.717, 1.165) is 25.6 Å². The van der Waals surface area contributed by atoms with Crippen molar-refractivity contribution < 1.29 is 4.74 Å². The number of thiazole rings is 1. The van der Waals surface area contributed by atoms with E-state index in [1.165, 1.54) is 36.4 Å². The van der Waals surface area contributed by atoms with Crippen LogP contribution in [-0.4, -0.2) is 24.7 Å². The minimum atomic E-state index is 0.185. The van der Waals surface area contributed by atoms with Gasteiger partial charge in [-0.2, -0.15) is 0 Å². The molecule has 2 heterocycles. The second-order valence-corrected chi connectivity index (χ2v) is 6.46. The van der Waals surface area contributed by atoms with E-state index >= 15 is 0 Å². The van der Waals surface area contributed by atoms with Gasteiger partial charge in [-0.3, -0.25) is 0 Å². The number of hydrogen-bond acceptors (Lipinski definition) is 4. The number of hydrogen-bond donors (Lipinski definition) is 1. The zero-order chi connectivity index (χ0) is 11.7. The molecular weight excluding hydrogens is 232 g/mol. The lowest BCUT2D eigenvalue weighted by Crippen LogP contribution is -2.49. The van der Waals surface area contributed by atoms with Crippen LogP contribution in [0.2, 0.25) is 0 Å². The van der Waals surface area contributed by atoms with Crippen LogP contribution in [-0.2, 0) is 11.2 Å². The van der Waals surface area contributed by atoms with E-state index in [1.807, 2.05) is 0 Å². The van der Waals surface area contributed by atoms with Crippen LogP contribution in [0, 0.1) is 5.41 Å². The third-order valence-corrected chi connectivity index (χ3v) is 4.99. The van der Waals surface area contributed by atoms with Crippen molar-refractivity contribution in [2.75, 3.05) is 19.8 Å². The van der Waals surface area contributed by atoms with Gasteiger partial charge in [0.05, 0.1) is 23.9 Å². The molecular formula is C13H20N2OS. The van der Waals surface area contributed by atoms with Gasteiger partial charge in [-0.25, -0.2) is 4.98 Å². The van der Waals surface area contributed by atoms with Crippen LogP contribution in [0.4, 0.5) is 0 Å². The van der Waals surface area contributed by atoms with Crippen molar-refractivity contribution in [2.45, 2.75) is 38.0 Å². The SMILES string of the molecule is NCC1(Cc2nc(C3CCCC3)cs2)COC1. The average molecular weight is 252 g/mol. The summed E-state index contributed by atoms with van der Waals surface area (Å²) in [5.41, 5.74) is 7.36. The molecule has 1 aliphatic heterocycles. The van der Waals surface area contributed by atoms with Crippen molar-refractivity contribution in [3.8, 4) is 0 Å². The van der Waals surface area contributed by atoms with E-state index in [9.17, 15) is 0 Å². The highest BCUT2D eigenvalue weighted by atomic mass is 32.1. The van der Waals surface area contributed by atoms with E-state index < -0.39 is 0 Å². The van der Waals surface area contributed by atoms with Gasteiger partial charge in [-0.15, -0.1) is 11.3 Å². The number of nitrogens with zero attached hydrogens (tertiary/aromatic N) is 1. The molecule has 0 bridgehead atoms. The van der Waals surface area contributed by atoms with Crippen molar-refractivity contribution in [2.24, 2.45) is 11.1 Å². The molecule has 3 nitrogen and oxygen atoms in total. The zero-order valence-electron chi connectivity index (χ0n) is 10.2. The Hall–Kier alpha value is -0.450. The quantitative estimate of drug-likeness (QED) is 0.894. The second-order valence-electron chi connectivity index (χ2n) is 5.52. The Balaban J connectivity index is 1.67. The highest BCUT2D eigenvalue weighted by molar-refractivity contribution is 7.09. The molecule has 1 saturated carbocycles. The minimum Gasteiger partial charge on any atom is -0.380 e. The molecule has 2 N–H and O–H groups in total. The van der Waals surface area contributed by atoms with E-state index in [1.54, 1.807) is 11.3 Å². The van der Waals surface area contributed by atoms with Gasteiger partial charge >= 0.3 is 0 Å². The van der Waals surface area contributed by atoms with Crippen molar-refractivity contribution in [1.29, 1.82) is 0 Å². The Morgan fingerprint density at radius 2 is 2.18 bits per heavy atom. The van der Waals surface area contributed by atoms with Crippen LogP contribution in [0.3, 0.4) is 0 Å². The minimum absolute atomic E-state index is 0.185. The van der Waals surface area contributed by atoms with Gasteiger partial charge in [-0.1, -0.05) is 12.8 Å². The largest absolute Gasteiger partial charge is 0.380 e. The van der Waals surface area contributed by atoms with Crippen molar-refractivity contribution in [3.05, 3.63) is 16.1 Å². The van der Waals surface area contributed by atoms with Crippen LogP contribution < -0.4 is 5.73 Å². The molecule has 2 fully saturated rings. The molecule has 3 rings (SSSR count). The lowest BCUT2D eigenvalue weighted by atomic mass is 9.83. The van der Waals surface area contributed by atoms with Crippen LogP contribution in [0.25, 0.3) is 0 Å². The summed E-state index contributed by atoms with van der Waals surface area (Å²) in [6, 6.07) is 0. The molecule has 2 aliphatic rings. The summed E-state index contributed by atoms with van der Waals surface area (Å²) >= 11 is 1.81. The fourth-order valence-electron chi connectivity index (χ4n) is 2.82. The summed E-state index contributed by atoms with van der Waals surface area (Å²) in [6.07, 6.45) is 6.40. The Labute approximate surface area is 106 Å². The van der Waals surface area contributed by atoms with Crippen LogP contribution in [0.1, 0.15) is 42.3 Å². The molecule has 0 radical (unpaired) electrons. The number of aromatic nitrogens is 1. The van der Waals surface area contributed by atoms with Gasteiger partial charge in [0.25, 0.3) is 0 Å². The maximum atomic E-state index is 5.84. The second kappa shape index (κ2) is 4.67. The van der Waals surface area contributed by atoms with Gasteiger partial charge in [-0.05, 0) is 12.8 Å². The van der Waals surface area contributed by atoms with Crippen LogP contribution in [0.5, 0.6) is 0 Å². The summed E-state index contributed by atoms with van der Waals surface area (Å²) < 4.78 is 5.30. The number of rotatable bonds is 4. The highest BCUT2D eigenvalue weighted by Crippen LogP contribution is 2.36. The summed E-state index contributed by atoms with van der Waals surface area (Å²) in [6.45, 7) is 2.33. The van der Waals surface area contributed by atoms with Gasteiger partial charge in [0.15, 0.2) is 0 Å². The third-order valence-electron chi connectivity index (χ3n) is 4.12. The van der Waals surface area contributed by atoms with Crippen LogP contribution in [0.15, 0.2) is 5.38 Å². The zero-order valence-corrected chi connectivity index (χ0v) is 11.0. The van der Waals surface area contributed by atoms with Gasteiger partial charge in [0.1, 0.15) is 0 Å². The molecule has 0 unspecified atom stereocenters. The van der Waals surface area contributed by atoms with Crippen molar-refractivity contribution in [3.63, 3.8) is 0 Å².